The number of aliphatic hydroxyl groups is 1. The zero-order valence-corrected chi connectivity index (χ0v) is 17.8. The van der Waals surface area contributed by atoms with E-state index in [4.69, 9.17) is 16.7 Å². The van der Waals surface area contributed by atoms with Crippen LogP contribution in [0.1, 0.15) is 29.6 Å². The van der Waals surface area contributed by atoms with Gasteiger partial charge in [0.15, 0.2) is 11.6 Å². The number of hydrogen-bond donors (Lipinski definition) is 2. The lowest BCUT2D eigenvalue weighted by Gasteiger charge is -2.31. The Morgan fingerprint density at radius 1 is 1.10 bits per heavy atom. The van der Waals surface area contributed by atoms with Crippen LogP contribution in [0.2, 0.25) is 5.02 Å². The van der Waals surface area contributed by atoms with Crippen LogP contribution in [0.25, 0.3) is 0 Å². The summed E-state index contributed by atoms with van der Waals surface area (Å²) in [5.74, 6) is -4.12. The first kappa shape index (κ1) is 23.5. The van der Waals surface area contributed by atoms with Gasteiger partial charge in [0.25, 0.3) is 5.91 Å². The molecule has 1 saturated heterocycles. The maximum absolute atomic E-state index is 14.5. The molecule has 168 valence electrons. The summed E-state index contributed by atoms with van der Waals surface area (Å²) in [6.45, 7) is 0.330. The molecular weight excluding hydrogens is 457 g/mol. The summed E-state index contributed by atoms with van der Waals surface area (Å²) in [7, 11) is -4.24. The summed E-state index contributed by atoms with van der Waals surface area (Å²) in [6, 6.07) is 4.24. The van der Waals surface area contributed by atoms with Crippen LogP contribution in [0.3, 0.4) is 0 Å². The third-order valence-electron chi connectivity index (χ3n) is 5.17. The molecular formula is C20H20ClF3N2O4S. The van der Waals surface area contributed by atoms with Crippen LogP contribution < -0.4 is 5.32 Å². The van der Waals surface area contributed by atoms with Gasteiger partial charge in [0.2, 0.25) is 10.0 Å². The van der Waals surface area contributed by atoms with E-state index >= 15 is 0 Å². The predicted molar refractivity (Wildman–Crippen MR) is 109 cm³/mol. The number of nitrogens with one attached hydrogen (secondary N) is 1. The van der Waals surface area contributed by atoms with Crippen LogP contribution in [0.4, 0.5) is 18.9 Å². The Morgan fingerprint density at radius 3 is 2.39 bits per heavy atom. The molecule has 0 aliphatic carbocycles. The molecule has 6 nitrogen and oxygen atoms in total. The van der Waals surface area contributed by atoms with Gasteiger partial charge in [0.05, 0.1) is 10.6 Å². The van der Waals surface area contributed by atoms with Crippen molar-refractivity contribution >= 4 is 33.2 Å². The number of piperidine rings is 1. The van der Waals surface area contributed by atoms with Gasteiger partial charge in [-0.05, 0) is 49.4 Å². The molecule has 1 fully saturated rings. The first-order valence-electron chi connectivity index (χ1n) is 9.50. The van der Waals surface area contributed by atoms with E-state index in [2.05, 4.69) is 5.32 Å². The number of hydrogen-bond acceptors (Lipinski definition) is 4. The smallest absolute Gasteiger partial charge is 0.257 e. The number of carbonyl (C=O) groups excluding carboxylic acids is 1. The first-order valence-corrected chi connectivity index (χ1v) is 11.3. The Kier molecular flexibility index (Phi) is 7.25. The number of anilines is 1. The zero-order valence-electron chi connectivity index (χ0n) is 16.2. The van der Waals surface area contributed by atoms with E-state index in [0.29, 0.717) is 19.3 Å². The Morgan fingerprint density at radius 2 is 1.77 bits per heavy atom. The number of carbonyl (C=O) groups is 1. The van der Waals surface area contributed by atoms with Gasteiger partial charge in [0, 0.05) is 31.5 Å². The number of amides is 1. The second-order valence-corrected chi connectivity index (χ2v) is 9.52. The van der Waals surface area contributed by atoms with Crippen LogP contribution in [0.15, 0.2) is 35.2 Å². The second kappa shape index (κ2) is 9.56. The number of nitrogens with zero attached hydrogens (tertiary/aromatic N) is 1. The van der Waals surface area contributed by atoms with Crippen LogP contribution in [0.5, 0.6) is 0 Å². The highest BCUT2D eigenvalue weighted by molar-refractivity contribution is 7.89. The fourth-order valence-corrected chi connectivity index (χ4v) is 5.21. The molecule has 2 N–H and O–H groups in total. The SMILES string of the molecule is O=C(Nc1ccc(F)c(F)c1)c1cc(S(=O)(=O)N2CCC(CCO)CC2)c(F)cc1Cl. The number of aliphatic hydroxyl groups excluding tert-OH is 1. The molecule has 31 heavy (non-hydrogen) atoms. The molecule has 1 heterocycles. The van der Waals surface area contributed by atoms with E-state index in [0.717, 1.165) is 34.6 Å². The van der Waals surface area contributed by atoms with Gasteiger partial charge in [-0.2, -0.15) is 4.31 Å². The van der Waals surface area contributed by atoms with Crippen molar-refractivity contribution in [1.82, 2.24) is 4.31 Å². The van der Waals surface area contributed by atoms with Gasteiger partial charge < -0.3 is 10.4 Å². The molecule has 0 unspecified atom stereocenters. The lowest BCUT2D eigenvalue weighted by Crippen LogP contribution is -2.39. The minimum atomic E-state index is -4.24. The van der Waals surface area contributed by atoms with Gasteiger partial charge in [-0.3, -0.25) is 4.79 Å². The van der Waals surface area contributed by atoms with E-state index in [1.165, 1.54) is 0 Å². The quantitative estimate of drug-likeness (QED) is 0.664. The van der Waals surface area contributed by atoms with Crippen LogP contribution in [0, 0.1) is 23.4 Å². The summed E-state index contributed by atoms with van der Waals surface area (Å²) in [4.78, 5) is 11.8. The monoisotopic (exact) mass is 476 g/mol. The van der Waals surface area contributed by atoms with Gasteiger partial charge in [-0.15, -0.1) is 0 Å². The Hall–Kier alpha value is -2.14. The largest absolute Gasteiger partial charge is 0.396 e. The third kappa shape index (κ3) is 5.20. The minimum Gasteiger partial charge on any atom is -0.396 e. The van der Waals surface area contributed by atoms with Crippen LogP contribution in [-0.4, -0.2) is 43.4 Å². The van der Waals surface area contributed by atoms with Crippen LogP contribution >= 0.6 is 11.6 Å². The summed E-state index contributed by atoms with van der Waals surface area (Å²) < 4.78 is 68.0. The highest BCUT2D eigenvalue weighted by Gasteiger charge is 2.32. The number of halogens is 4. The van der Waals surface area contributed by atoms with E-state index < -0.39 is 38.3 Å². The first-order chi connectivity index (χ1) is 14.6. The molecule has 1 amide bonds. The van der Waals surface area contributed by atoms with Crippen molar-refractivity contribution in [1.29, 1.82) is 0 Å². The molecule has 0 radical (unpaired) electrons. The Balaban J connectivity index is 1.86. The highest BCUT2D eigenvalue weighted by Crippen LogP contribution is 2.30. The standard InChI is InChI=1S/C20H20ClF3N2O4S/c21-15-11-18(24)19(31(29,30)26-6-3-12(4-7-26)5-8-27)10-14(15)20(28)25-13-1-2-16(22)17(23)9-13/h1-2,9-12,27H,3-8H2,(H,25,28). The van der Waals surface area contributed by atoms with E-state index in [9.17, 15) is 26.4 Å². The number of rotatable bonds is 6. The molecule has 1 aliphatic heterocycles. The van der Waals surface area contributed by atoms with Crippen molar-refractivity contribution in [3.05, 3.63) is 58.4 Å². The third-order valence-corrected chi connectivity index (χ3v) is 7.40. The molecule has 0 aromatic heterocycles. The van der Waals surface area contributed by atoms with E-state index in [1.54, 1.807) is 0 Å². The maximum Gasteiger partial charge on any atom is 0.257 e. The summed E-state index contributed by atoms with van der Waals surface area (Å²) >= 11 is 5.94. The molecule has 2 aromatic carbocycles. The fourth-order valence-electron chi connectivity index (χ4n) is 3.43. The average Bonchev–Trinajstić information content (AvgIpc) is 2.71. The summed E-state index contributed by atoms with van der Waals surface area (Å²) in [6.07, 6.45) is 1.62. The van der Waals surface area contributed by atoms with E-state index in [-0.39, 0.29) is 41.9 Å². The van der Waals surface area contributed by atoms with Crippen molar-refractivity contribution < 1.29 is 31.5 Å². The molecule has 11 heteroatoms. The Bertz CT molecular complexity index is 1090. The highest BCUT2D eigenvalue weighted by atomic mass is 35.5. The second-order valence-electron chi connectivity index (χ2n) is 7.21. The lowest BCUT2D eigenvalue weighted by molar-refractivity contribution is 0.102. The van der Waals surface area contributed by atoms with Crippen molar-refractivity contribution in [3.8, 4) is 0 Å². The lowest BCUT2D eigenvalue weighted by atomic mass is 9.95. The van der Waals surface area contributed by atoms with Gasteiger partial charge in [0.1, 0.15) is 10.7 Å². The number of sulfonamides is 1. The van der Waals surface area contributed by atoms with Crippen molar-refractivity contribution in [2.24, 2.45) is 5.92 Å². The molecule has 3 rings (SSSR count). The van der Waals surface area contributed by atoms with Crippen molar-refractivity contribution in [2.45, 2.75) is 24.2 Å². The predicted octanol–water partition coefficient (Wildman–Crippen LogP) is 3.79. The van der Waals surface area contributed by atoms with Gasteiger partial charge in [-0.1, -0.05) is 11.6 Å². The van der Waals surface area contributed by atoms with Crippen molar-refractivity contribution in [3.63, 3.8) is 0 Å². The van der Waals surface area contributed by atoms with E-state index in [1.807, 2.05) is 0 Å². The average molecular weight is 477 g/mol. The molecule has 1 aliphatic rings. The fraction of sp³-hybridized carbons (Fsp3) is 0.350. The molecule has 0 saturated carbocycles. The summed E-state index contributed by atoms with van der Waals surface area (Å²) in [5, 5.41) is 11.0. The van der Waals surface area contributed by atoms with Gasteiger partial charge >= 0.3 is 0 Å². The normalized spacial score (nSPS) is 15.8. The molecule has 0 atom stereocenters. The zero-order chi connectivity index (χ0) is 22.8. The minimum absolute atomic E-state index is 0.0135. The molecule has 0 spiro atoms. The summed E-state index contributed by atoms with van der Waals surface area (Å²) in [5.41, 5.74) is -0.416. The van der Waals surface area contributed by atoms with Gasteiger partial charge in [-0.25, -0.2) is 21.6 Å². The molecule has 0 bridgehead atoms. The van der Waals surface area contributed by atoms with Crippen molar-refractivity contribution in [2.75, 3.05) is 25.0 Å². The topological polar surface area (TPSA) is 86.7 Å². The maximum atomic E-state index is 14.5. The van der Waals surface area contributed by atoms with Crippen LogP contribution in [-0.2, 0) is 10.0 Å². The molecule has 2 aromatic rings. The Labute approximate surface area is 182 Å². The number of benzene rings is 2.